The first-order valence-electron chi connectivity index (χ1n) is 8.46. The fourth-order valence-electron chi connectivity index (χ4n) is 2.89. The van der Waals surface area contributed by atoms with E-state index in [9.17, 15) is 0 Å². The Morgan fingerprint density at radius 2 is 2.30 bits per heavy atom. The molecule has 2 N–H and O–H groups in total. The average molecular weight is 450 g/mol. The minimum atomic E-state index is 0. The van der Waals surface area contributed by atoms with Crippen LogP contribution >= 0.6 is 35.3 Å². The Morgan fingerprint density at radius 1 is 1.48 bits per heavy atom. The SMILES string of the molecule is CCNC(=NCc1ccsc1)NCC(C)N1CCCC(C)C1.I. The standard InChI is InChI=1S/C17H30N4S.HI/c1-4-18-17(20-11-16-7-9-22-13-16)19-10-15(3)21-8-5-6-14(2)12-21;/h7,9,13-15H,4-6,8,10-12H2,1-3H3,(H2,18,19,20);1H. The number of rotatable bonds is 6. The molecule has 0 aromatic carbocycles. The van der Waals surface area contributed by atoms with E-state index in [2.05, 4.69) is 58.1 Å². The van der Waals surface area contributed by atoms with Crippen LogP contribution in [0.15, 0.2) is 21.8 Å². The number of halogens is 1. The van der Waals surface area contributed by atoms with Crippen molar-refractivity contribution >= 4 is 41.3 Å². The van der Waals surface area contributed by atoms with Crippen molar-refractivity contribution in [3.63, 3.8) is 0 Å². The Kier molecular flexibility index (Phi) is 10.1. The minimum absolute atomic E-state index is 0. The topological polar surface area (TPSA) is 39.7 Å². The maximum atomic E-state index is 4.67. The van der Waals surface area contributed by atoms with Gasteiger partial charge in [-0.15, -0.1) is 24.0 Å². The van der Waals surface area contributed by atoms with Crippen LogP contribution in [-0.2, 0) is 6.54 Å². The molecule has 0 amide bonds. The van der Waals surface area contributed by atoms with E-state index in [1.807, 2.05) is 0 Å². The van der Waals surface area contributed by atoms with E-state index in [1.54, 1.807) is 11.3 Å². The van der Waals surface area contributed by atoms with Crippen LogP contribution in [0.5, 0.6) is 0 Å². The molecule has 0 bridgehead atoms. The van der Waals surface area contributed by atoms with E-state index in [1.165, 1.54) is 31.5 Å². The first-order chi connectivity index (χ1) is 10.7. The fraction of sp³-hybridized carbons (Fsp3) is 0.706. The molecule has 0 aliphatic carbocycles. The number of hydrogen-bond donors (Lipinski definition) is 2. The van der Waals surface area contributed by atoms with Crippen LogP contribution in [0, 0.1) is 5.92 Å². The summed E-state index contributed by atoms with van der Waals surface area (Å²) in [6.07, 6.45) is 2.71. The van der Waals surface area contributed by atoms with Crippen molar-refractivity contribution in [3.8, 4) is 0 Å². The van der Waals surface area contributed by atoms with E-state index in [0.29, 0.717) is 6.04 Å². The normalized spacial score (nSPS) is 20.7. The molecule has 1 fully saturated rings. The Balaban J connectivity index is 0.00000264. The summed E-state index contributed by atoms with van der Waals surface area (Å²) in [5, 5.41) is 11.1. The van der Waals surface area contributed by atoms with Crippen LogP contribution in [0.25, 0.3) is 0 Å². The predicted octanol–water partition coefficient (Wildman–Crippen LogP) is 3.54. The van der Waals surface area contributed by atoms with Crippen molar-refractivity contribution in [2.75, 3.05) is 26.2 Å². The lowest BCUT2D eigenvalue weighted by molar-refractivity contribution is 0.139. The van der Waals surface area contributed by atoms with Gasteiger partial charge in [0.05, 0.1) is 6.54 Å². The number of likely N-dealkylation sites (tertiary alicyclic amines) is 1. The lowest BCUT2D eigenvalue weighted by Crippen LogP contribution is -2.48. The van der Waals surface area contributed by atoms with Gasteiger partial charge >= 0.3 is 0 Å². The third kappa shape index (κ3) is 7.39. The molecule has 0 radical (unpaired) electrons. The summed E-state index contributed by atoms with van der Waals surface area (Å²) >= 11 is 1.73. The number of nitrogens with zero attached hydrogens (tertiary/aromatic N) is 2. The van der Waals surface area contributed by atoms with Crippen LogP contribution in [0.1, 0.15) is 39.2 Å². The van der Waals surface area contributed by atoms with E-state index in [-0.39, 0.29) is 24.0 Å². The van der Waals surface area contributed by atoms with Gasteiger partial charge in [0.25, 0.3) is 0 Å². The first-order valence-corrected chi connectivity index (χ1v) is 9.40. The summed E-state index contributed by atoms with van der Waals surface area (Å²) in [5.74, 6) is 1.75. The first kappa shape index (κ1) is 20.7. The van der Waals surface area contributed by atoms with Crippen LogP contribution in [0.4, 0.5) is 0 Å². The minimum Gasteiger partial charge on any atom is -0.357 e. The number of piperidine rings is 1. The zero-order valence-corrected chi connectivity index (χ0v) is 17.7. The van der Waals surface area contributed by atoms with Gasteiger partial charge in [0.2, 0.25) is 0 Å². The summed E-state index contributed by atoms with van der Waals surface area (Å²) in [4.78, 5) is 7.27. The number of thiophene rings is 1. The monoisotopic (exact) mass is 450 g/mol. The molecule has 132 valence electrons. The summed E-state index contributed by atoms with van der Waals surface area (Å²) in [5.41, 5.74) is 1.28. The van der Waals surface area contributed by atoms with E-state index in [0.717, 1.165) is 31.5 Å². The zero-order valence-electron chi connectivity index (χ0n) is 14.5. The quantitative estimate of drug-likeness (QED) is 0.396. The van der Waals surface area contributed by atoms with Crippen molar-refractivity contribution in [2.45, 2.75) is 46.2 Å². The van der Waals surface area contributed by atoms with Crippen molar-refractivity contribution in [1.82, 2.24) is 15.5 Å². The molecule has 23 heavy (non-hydrogen) atoms. The van der Waals surface area contributed by atoms with Gasteiger partial charge in [-0.05, 0) is 61.5 Å². The van der Waals surface area contributed by atoms with E-state index >= 15 is 0 Å². The Morgan fingerprint density at radius 3 is 2.96 bits per heavy atom. The van der Waals surface area contributed by atoms with Gasteiger partial charge < -0.3 is 10.6 Å². The fourth-order valence-corrected chi connectivity index (χ4v) is 3.55. The highest BCUT2D eigenvalue weighted by Gasteiger charge is 2.20. The van der Waals surface area contributed by atoms with Crippen molar-refractivity contribution in [1.29, 1.82) is 0 Å². The Hall–Kier alpha value is -0.340. The molecule has 2 atom stereocenters. The Bertz CT molecular complexity index is 449. The summed E-state index contributed by atoms with van der Waals surface area (Å²) in [6.45, 7) is 11.8. The molecule has 0 saturated carbocycles. The molecule has 1 aromatic rings. The van der Waals surface area contributed by atoms with Gasteiger partial charge in [-0.2, -0.15) is 11.3 Å². The number of guanidine groups is 1. The molecule has 1 aliphatic rings. The van der Waals surface area contributed by atoms with Crippen LogP contribution in [-0.4, -0.2) is 43.1 Å². The number of nitrogens with one attached hydrogen (secondary N) is 2. The van der Waals surface area contributed by atoms with Crippen LogP contribution in [0.2, 0.25) is 0 Å². The van der Waals surface area contributed by atoms with E-state index < -0.39 is 0 Å². The second-order valence-corrected chi connectivity index (χ2v) is 7.08. The summed E-state index contributed by atoms with van der Waals surface area (Å²) < 4.78 is 0. The summed E-state index contributed by atoms with van der Waals surface area (Å²) in [7, 11) is 0. The second-order valence-electron chi connectivity index (χ2n) is 6.30. The third-order valence-electron chi connectivity index (χ3n) is 4.22. The number of hydrogen-bond acceptors (Lipinski definition) is 3. The molecular weight excluding hydrogens is 419 g/mol. The molecule has 1 aliphatic heterocycles. The van der Waals surface area contributed by atoms with E-state index in [4.69, 9.17) is 0 Å². The predicted molar refractivity (Wildman–Crippen MR) is 112 cm³/mol. The Labute approximate surface area is 162 Å². The van der Waals surface area contributed by atoms with Crippen LogP contribution in [0.3, 0.4) is 0 Å². The van der Waals surface area contributed by atoms with Crippen molar-refractivity contribution in [2.24, 2.45) is 10.9 Å². The smallest absolute Gasteiger partial charge is 0.191 e. The molecule has 2 unspecified atom stereocenters. The molecule has 6 heteroatoms. The zero-order chi connectivity index (χ0) is 15.8. The highest BCUT2D eigenvalue weighted by Crippen LogP contribution is 2.17. The van der Waals surface area contributed by atoms with Gasteiger partial charge in [-0.1, -0.05) is 6.92 Å². The van der Waals surface area contributed by atoms with Crippen LogP contribution < -0.4 is 10.6 Å². The van der Waals surface area contributed by atoms with Crippen molar-refractivity contribution < 1.29 is 0 Å². The maximum absolute atomic E-state index is 4.67. The molecular formula is C17H31IN4S. The largest absolute Gasteiger partial charge is 0.357 e. The van der Waals surface area contributed by atoms with Gasteiger partial charge in [-0.3, -0.25) is 4.90 Å². The molecule has 4 nitrogen and oxygen atoms in total. The number of aliphatic imine (C=N–C) groups is 1. The molecule has 2 heterocycles. The lowest BCUT2D eigenvalue weighted by atomic mass is 9.99. The maximum Gasteiger partial charge on any atom is 0.191 e. The van der Waals surface area contributed by atoms with Gasteiger partial charge in [0.1, 0.15) is 0 Å². The van der Waals surface area contributed by atoms with Gasteiger partial charge in [0, 0.05) is 25.7 Å². The highest BCUT2D eigenvalue weighted by molar-refractivity contribution is 14.0. The average Bonchev–Trinajstić information content (AvgIpc) is 3.03. The molecule has 1 saturated heterocycles. The molecule has 1 aromatic heterocycles. The highest BCUT2D eigenvalue weighted by atomic mass is 127. The second kappa shape index (κ2) is 11.3. The molecule has 0 spiro atoms. The third-order valence-corrected chi connectivity index (χ3v) is 4.95. The van der Waals surface area contributed by atoms with Gasteiger partial charge in [0.15, 0.2) is 5.96 Å². The van der Waals surface area contributed by atoms with Gasteiger partial charge in [-0.25, -0.2) is 4.99 Å². The lowest BCUT2D eigenvalue weighted by Gasteiger charge is -2.35. The van der Waals surface area contributed by atoms with Crippen molar-refractivity contribution in [3.05, 3.63) is 22.4 Å². The summed E-state index contributed by atoms with van der Waals surface area (Å²) in [6, 6.07) is 2.68. The molecule has 2 rings (SSSR count).